The Morgan fingerprint density at radius 2 is 2.20 bits per heavy atom. The molecular formula is C13H16FN. The minimum Gasteiger partial charge on any atom is -0.330 e. The molecule has 2 N–H and O–H groups in total. The van der Waals surface area contributed by atoms with Crippen LogP contribution in [0.2, 0.25) is 0 Å². The highest BCUT2D eigenvalue weighted by molar-refractivity contribution is 5.44. The Morgan fingerprint density at radius 3 is 2.80 bits per heavy atom. The van der Waals surface area contributed by atoms with E-state index in [1.807, 2.05) is 6.07 Å². The first-order valence-electron chi connectivity index (χ1n) is 5.75. The average molecular weight is 205 g/mol. The second-order valence-corrected chi connectivity index (χ2v) is 5.00. The third kappa shape index (κ3) is 1.18. The lowest BCUT2D eigenvalue weighted by atomic mass is 9.65. The van der Waals surface area contributed by atoms with E-state index in [-0.39, 0.29) is 5.82 Å². The van der Waals surface area contributed by atoms with Crippen molar-refractivity contribution in [2.24, 2.45) is 5.73 Å². The molecule has 0 bridgehead atoms. The van der Waals surface area contributed by atoms with Crippen molar-refractivity contribution in [3.8, 4) is 0 Å². The van der Waals surface area contributed by atoms with E-state index in [1.165, 1.54) is 30.4 Å². The number of rotatable bonds is 1. The highest BCUT2D eigenvalue weighted by Crippen LogP contribution is 2.56. The smallest absolute Gasteiger partial charge is 0.123 e. The monoisotopic (exact) mass is 205 g/mol. The van der Waals surface area contributed by atoms with Gasteiger partial charge >= 0.3 is 0 Å². The van der Waals surface area contributed by atoms with E-state index in [2.05, 4.69) is 0 Å². The summed E-state index contributed by atoms with van der Waals surface area (Å²) < 4.78 is 13.3. The van der Waals surface area contributed by atoms with Gasteiger partial charge in [0.05, 0.1) is 0 Å². The van der Waals surface area contributed by atoms with Crippen LogP contribution >= 0.6 is 0 Å². The highest BCUT2D eigenvalue weighted by atomic mass is 19.1. The van der Waals surface area contributed by atoms with Crippen molar-refractivity contribution in [3.63, 3.8) is 0 Å². The Labute approximate surface area is 89.5 Å². The van der Waals surface area contributed by atoms with Crippen molar-refractivity contribution in [1.29, 1.82) is 0 Å². The van der Waals surface area contributed by atoms with Crippen LogP contribution in [-0.2, 0) is 5.41 Å². The largest absolute Gasteiger partial charge is 0.330 e. The Balaban J connectivity index is 2.11. The van der Waals surface area contributed by atoms with Gasteiger partial charge in [0.15, 0.2) is 0 Å². The summed E-state index contributed by atoms with van der Waals surface area (Å²) in [6.07, 6.45) is 4.87. The summed E-state index contributed by atoms with van der Waals surface area (Å²) in [7, 11) is 0. The van der Waals surface area contributed by atoms with Gasteiger partial charge in [-0.2, -0.15) is 0 Å². The molecule has 15 heavy (non-hydrogen) atoms. The number of hydrogen-bond donors (Lipinski definition) is 1. The highest BCUT2D eigenvalue weighted by Gasteiger charge is 2.47. The minimum absolute atomic E-state index is 0.0994. The molecule has 1 atom stereocenters. The number of nitrogens with two attached hydrogens (primary N) is 1. The zero-order valence-corrected chi connectivity index (χ0v) is 8.80. The van der Waals surface area contributed by atoms with Crippen LogP contribution in [-0.4, -0.2) is 6.54 Å². The van der Waals surface area contributed by atoms with E-state index in [1.54, 1.807) is 12.1 Å². The van der Waals surface area contributed by atoms with Gasteiger partial charge in [0, 0.05) is 0 Å². The molecule has 1 aromatic rings. The quantitative estimate of drug-likeness (QED) is 0.749. The van der Waals surface area contributed by atoms with E-state index in [0.29, 0.717) is 17.9 Å². The molecule has 2 aliphatic rings. The summed E-state index contributed by atoms with van der Waals surface area (Å²) in [5, 5.41) is 0. The molecule has 0 aliphatic heterocycles. The molecular weight excluding hydrogens is 189 g/mol. The van der Waals surface area contributed by atoms with Gasteiger partial charge in [0.25, 0.3) is 0 Å². The third-order valence-corrected chi connectivity index (χ3v) is 4.26. The van der Waals surface area contributed by atoms with E-state index in [4.69, 9.17) is 5.73 Å². The van der Waals surface area contributed by atoms with Crippen LogP contribution in [0.15, 0.2) is 18.2 Å². The summed E-state index contributed by atoms with van der Waals surface area (Å²) in [4.78, 5) is 0. The first kappa shape index (κ1) is 9.34. The molecule has 1 nitrogen and oxygen atoms in total. The number of hydrogen-bond acceptors (Lipinski definition) is 1. The maximum Gasteiger partial charge on any atom is 0.123 e. The van der Waals surface area contributed by atoms with E-state index >= 15 is 0 Å². The molecule has 1 saturated carbocycles. The molecule has 0 aromatic heterocycles. The molecule has 0 amide bonds. The lowest BCUT2D eigenvalue weighted by Crippen LogP contribution is -2.32. The molecule has 1 aromatic carbocycles. The fourth-order valence-corrected chi connectivity index (χ4v) is 3.32. The summed E-state index contributed by atoms with van der Waals surface area (Å²) >= 11 is 0. The number of benzene rings is 1. The Hall–Kier alpha value is -0.890. The molecule has 2 heteroatoms. The standard InChI is InChI=1S/C13H16FN/c14-10-2-3-11-9(8-15)7-13(4-1-5-13)12(11)6-10/h2-3,6,9H,1,4-5,7-8,15H2. The summed E-state index contributed by atoms with van der Waals surface area (Å²) in [6, 6.07) is 5.25. The lowest BCUT2D eigenvalue weighted by molar-refractivity contribution is 0.233. The van der Waals surface area contributed by atoms with Gasteiger partial charge in [-0.25, -0.2) is 4.39 Å². The lowest BCUT2D eigenvalue weighted by Gasteiger charge is -2.39. The second kappa shape index (κ2) is 3.05. The zero-order valence-electron chi connectivity index (χ0n) is 8.80. The van der Waals surface area contributed by atoms with Gasteiger partial charge < -0.3 is 5.73 Å². The summed E-state index contributed by atoms with van der Waals surface area (Å²) in [5.41, 5.74) is 8.64. The fourth-order valence-electron chi connectivity index (χ4n) is 3.32. The molecule has 1 spiro atoms. The summed E-state index contributed by atoms with van der Waals surface area (Å²) in [5.74, 6) is 0.360. The van der Waals surface area contributed by atoms with Gasteiger partial charge in [-0.1, -0.05) is 12.5 Å². The predicted molar refractivity (Wildman–Crippen MR) is 58.3 cm³/mol. The number of halogens is 1. The van der Waals surface area contributed by atoms with Gasteiger partial charge in [-0.15, -0.1) is 0 Å². The first-order chi connectivity index (χ1) is 7.25. The topological polar surface area (TPSA) is 26.0 Å². The van der Waals surface area contributed by atoms with E-state index in [9.17, 15) is 4.39 Å². The Bertz CT molecular complexity index is 396. The third-order valence-electron chi connectivity index (χ3n) is 4.26. The molecule has 3 rings (SSSR count). The molecule has 80 valence electrons. The molecule has 0 saturated heterocycles. The minimum atomic E-state index is -0.0994. The van der Waals surface area contributed by atoms with Crippen molar-refractivity contribution in [1.82, 2.24) is 0 Å². The average Bonchev–Trinajstić information content (AvgIpc) is 2.51. The second-order valence-electron chi connectivity index (χ2n) is 5.00. The van der Waals surface area contributed by atoms with E-state index < -0.39 is 0 Å². The van der Waals surface area contributed by atoms with Crippen LogP contribution in [0.5, 0.6) is 0 Å². The van der Waals surface area contributed by atoms with Crippen molar-refractivity contribution in [2.45, 2.75) is 37.0 Å². The predicted octanol–water partition coefficient (Wildman–Crippen LogP) is 2.69. The van der Waals surface area contributed by atoms with Gasteiger partial charge in [-0.3, -0.25) is 0 Å². The molecule has 1 unspecified atom stereocenters. The van der Waals surface area contributed by atoms with Gasteiger partial charge in [0.1, 0.15) is 5.82 Å². The SMILES string of the molecule is NCC1CC2(CCC2)c2cc(F)ccc21. The Morgan fingerprint density at radius 1 is 1.40 bits per heavy atom. The van der Waals surface area contributed by atoms with Crippen LogP contribution in [0, 0.1) is 5.82 Å². The van der Waals surface area contributed by atoms with Crippen molar-refractivity contribution >= 4 is 0 Å². The van der Waals surface area contributed by atoms with Crippen LogP contribution in [0.4, 0.5) is 4.39 Å². The molecule has 2 aliphatic carbocycles. The van der Waals surface area contributed by atoms with Crippen LogP contribution in [0.1, 0.15) is 42.7 Å². The maximum absolute atomic E-state index is 13.3. The molecule has 0 heterocycles. The maximum atomic E-state index is 13.3. The van der Waals surface area contributed by atoms with Crippen molar-refractivity contribution < 1.29 is 4.39 Å². The fraction of sp³-hybridized carbons (Fsp3) is 0.538. The van der Waals surface area contributed by atoms with Crippen LogP contribution in [0.25, 0.3) is 0 Å². The molecule has 1 fully saturated rings. The van der Waals surface area contributed by atoms with Gasteiger partial charge in [0.2, 0.25) is 0 Å². The summed E-state index contributed by atoms with van der Waals surface area (Å²) in [6.45, 7) is 0.695. The van der Waals surface area contributed by atoms with Crippen molar-refractivity contribution in [2.75, 3.05) is 6.54 Å². The van der Waals surface area contributed by atoms with Crippen molar-refractivity contribution in [3.05, 3.63) is 35.1 Å². The van der Waals surface area contributed by atoms with Gasteiger partial charge in [-0.05, 0) is 60.4 Å². The first-order valence-corrected chi connectivity index (χ1v) is 5.75. The zero-order chi connectivity index (χ0) is 10.5. The number of fused-ring (bicyclic) bond motifs is 2. The Kier molecular flexibility index (Phi) is 1.90. The normalized spacial score (nSPS) is 26.4. The van der Waals surface area contributed by atoms with Crippen LogP contribution in [0.3, 0.4) is 0 Å². The van der Waals surface area contributed by atoms with E-state index in [0.717, 1.165) is 6.42 Å². The molecule has 0 radical (unpaired) electrons. The van der Waals surface area contributed by atoms with Crippen LogP contribution < -0.4 is 5.73 Å².